The molecule has 1 fully saturated rings. The number of carbonyl (C=O) groups excluding carboxylic acids is 1. The molecule has 0 spiro atoms. The molecule has 2 heterocycles. The molecule has 0 aliphatic carbocycles. The van der Waals surface area contributed by atoms with Gasteiger partial charge in [0.15, 0.2) is 5.78 Å². The molecule has 0 bridgehead atoms. The van der Waals surface area contributed by atoms with Crippen LogP contribution in [-0.2, 0) is 0 Å². The van der Waals surface area contributed by atoms with E-state index in [2.05, 4.69) is 24.1 Å². The maximum atomic E-state index is 12.6. The molecule has 18 heavy (non-hydrogen) atoms. The predicted octanol–water partition coefficient (Wildman–Crippen LogP) is 2.60. The van der Waals surface area contributed by atoms with Crippen LogP contribution in [0.4, 0.5) is 0 Å². The van der Waals surface area contributed by atoms with E-state index in [0.717, 1.165) is 37.2 Å². The molecule has 98 valence electrons. The number of carbonyl (C=O) groups is 1. The third-order valence-electron chi connectivity index (χ3n) is 4.08. The van der Waals surface area contributed by atoms with Gasteiger partial charge in [0, 0.05) is 22.9 Å². The highest BCUT2D eigenvalue weighted by molar-refractivity contribution is 6.00. The fraction of sp³-hybridized carbons (Fsp3) is 0.600. The Bertz CT molecular complexity index is 417. The second kappa shape index (κ2) is 5.19. The monoisotopic (exact) mass is 246 g/mol. The summed E-state index contributed by atoms with van der Waals surface area (Å²) in [5, 5.41) is 3.39. The SMILES string of the molecule is Cc1ccc(C(=O)C(C)(C)C2CCCNC2)cn1. The van der Waals surface area contributed by atoms with Crippen LogP contribution in [0.3, 0.4) is 0 Å². The quantitative estimate of drug-likeness (QED) is 0.834. The van der Waals surface area contributed by atoms with E-state index in [4.69, 9.17) is 0 Å². The third-order valence-corrected chi connectivity index (χ3v) is 4.08. The van der Waals surface area contributed by atoms with Crippen molar-refractivity contribution >= 4 is 5.78 Å². The summed E-state index contributed by atoms with van der Waals surface area (Å²) in [6, 6.07) is 3.80. The molecule has 0 aromatic carbocycles. The van der Waals surface area contributed by atoms with Crippen LogP contribution in [-0.4, -0.2) is 23.9 Å². The van der Waals surface area contributed by atoms with Crippen molar-refractivity contribution in [2.24, 2.45) is 11.3 Å². The summed E-state index contributed by atoms with van der Waals surface area (Å²) < 4.78 is 0. The molecule has 1 aromatic heterocycles. The molecule has 1 aliphatic heterocycles. The molecule has 0 saturated carbocycles. The van der Waals surface area contributed by atoms with Crippen molar-refractivity contribution in [2.75, 3.05) is 13.1 Å². The molecule has 0 radical (unpaired) electrons. The zero-order valence-corrected chi connectivity index (χ0v) is 11.5. The number of ketones is 1. The van der Waals surface area contributed by atoms with E-state index < -0.39 is 0 Å². The first-order chi connectivity index (χ1) is 8.51. The zero-order chi connectivity index (χ0) is 13.2. The number of nitrogens with one attached hydrogen (secondary N) is 1. The molecule has 1 aliphatic rings. The first kappa shape index (κ1) is 13.2. The molecule has 1 unspecified atom stereocenters. The van der Waals surface area contributed by atoms with Gasteiger partial charge in [0.25, 0.3) is 0 Å². The van der Waals surface area contributed by atoms with Gasteiger partial charge in [-0.1, -0.05) is 13.8 Å². The van der Waals surface area contributed by atoms with Gasteiger partial charge in [-0.2, -0.15) is 0 Å². The maximum absolute atomic E-state index is 12.6. The van der Waals surface area contributed by atoms with Gasteiger partial charge in [0.2, 0.25) is 0 Å². The zero-order valence-electron chi connectivity index (χ0n) is 11.5. The van der Waals surface area contributed by atoms with Crippen molar-refractivity contribution in [1.29, 1.82) is 0 Å². The lowest BCUT2D eigenvalue weighted by atomic mass is 9.70. The summed E-state index contributed by atoms with van der Waals surface area (Å²) in [5.41, 5.74) is 1.37. The van der Waals surface area contributed by atoms with Crippen LogP contribution in [0.5, 0.6) is 0 Å². The van der Waals surface area contributed by atoms with Crippen LogP contribution in [0.2, 0.25) is 0 Å². The Labute approximate surface area is 109 Å². The van der Waals surface area contributed by atoms with E-state index in [-0.39, 0.29) is 11.2 Å². The third kappa shape index (κ3) is 2.61. The number of aryl methyl sites for hydroxylation is 1. The molecular weight excluding hydrogens is 224 g/mol. The molecule has 3 heteroatoms. The second-order valence-corrected chi connectivity index (χ2v) is 5.78. The fourth-order valence-corrected chi connectivity index (χ4v) is 2.63. The molecule has 2 rings (SSSR count). The average Bonchev–Trinajstić information content (AvgIpc) is 2.40. The van der Waals surface area contributed by atoms with Gasteiger partial charge in [-0.05, 0) is 50.9 Å². The van der Waals surface area contributed by atoms with Crippen molar-refractivity contribution in [2.45, 2.75) is 33.6 Å². The molecule has 1 aromatic rings. The van der Waals surface area contributed by atoms with Gasteiger partial charge in [-0.3, -0.25) is 9.78 Å². The summed E-state index contributed by atoms with van der Waals surface area (Å²) in [6.45, 7) is 8.08. The minimum atomic E-state index is -0.315. The molecule has 1 atom stereocenters. The lowest BCUT2D eigenvalue weighted by Crippen LogP contribution is -2.42. The molecular formula is C15H22N2O. The number of rotatable bonds is 3. The molecule has 1 N–H and O–H groups in total. The van der Waals surface area contributed by atoms with Crippen molar-refractivity contribution in [3.8, 4) is 0 Å². The lowest BCUT2D eigenvalue weighted by molar-refractivity contribution is 0.0708. The fourth-order valence-electron chi connectivity index (χ4n) is 2.63. The standard InChI is InChI=1S/C15H22N2O/c1-11-6-7-12(9-17-11)14(18)15(2,3)13-5-4-8-16-10-13/h6-7,9,13,16H,4-5,8,10H2,1-3H3. The Kier molecular flexibility index (Phi) is 3.81. The first-order valence-corrected chi connectivity index (χ1v) is 6.70. The normalized spacial score (nSPS) is 20.7. The van der Waals surface area contributed by atoms with Crippen LogP contribution in [0.1, 0.15) is 42.7 Å². The van der Waals surface area contributed by atoms with Crippen LogP contribution in [0.25, 0.3) is 0 Å². The molecule has 3 nitrogen and oxygen atoms in total. The minimum Gasteiger partial charge on any atom is -0.316 e. The number of piperidine rings is 1. The Morgan fingerprint density at radius 2 is 2.22 bits per heavy atom. The summed E-state index contributed by atoms with van der Waals surface area (Å²) >= 11 is 0. The van der Waals surface area contributed by atoms with Gasteiger partial charge in [-0.15, -0.1) is 0 Å². The number of pyridine rings is 1. The van der Waals surface area contributed by atoms with Crippen molar-refractivity contribution in [3.63, 3.8) is 0 Å². The van der Waals surface area contributed by atoms with Crippen molar-refractivity contribution in [1.82, 2.24) is 10.3 Å². The topological polar surface area (TPSA) is 42.0 Å². The maximum Gasteiger partial charge on any atom is 0.170 e. The first-order valence-electron chi connectivity index (χ1n) is 6.70. The molecule has 0 amide bonds. The predicted molar refractivity (Wildman–Crippen MR) is 72.7 cm³/mol. The van der Waals surface area contributed by atoms with Gasteiger partial charge in [0.1, 0.15) is 0 Å². The van der Waals surface area contributed by atoms with Crippen LogP contribution >= 0.6 is 0 Å². The second-order valence-electron chi connectivity index (χ2n) is 5.78. The van der Waals surface area contributed by atoms with Gasteiger partial charge >= 0.3 is 0 Å². The minimum absolute atomic E-state index is 0.212. The number of hydrogen-bond acceptors (Lipinski definition) is 3. The number of hydrogen-bond donors (Lipinski definition) is 1. The van der Waals surface area contributed by atoms with Gasteiger partial charge in [-0.25, -0.2) is 0 Å². The highest BCUT2D eigenvalue weighted by atomic mass is 16.1. The largest absolute Gasteiger partial charge is 0.316 e. The highest BCUT2D eigenvalue weighted by Gasteiger charge is 2.37. The van der Waals surface area contributed by atoms with Crippen LogP contribution < -0.4 is 5.32 Å². The smallest absolute Gasteiger partial charge is 0.170 e. The Balaban J connectivity index is 2.17. The highest BCUT2D eigenvalue weighted by Crippen LogP contribution is 2.34. The Morgan fingerprint density at radius 1 is 1.44 bits per heavy atom. The van der Waals surface area contributed by atoms with Crippen LogP contribution in [0, 0.1) is 18.3 Å². The van der Waals surface area contributed by atoms with Gasteiger partial charge in [0.05, 0.1) is 0 Å². The Morgan fingerprint density at radius 3 is 2.78 bits per heavy atom. The van der Waals surface area contributed by atoms with Gasteiger partial charge < -0.3 is 5.32 Å². The van der Waals surface area contributed by atoms with Crippen LogP contribution in [0.15, 0.2) is 18.3 Å². The van der Waals surface area contributed by atoms with Crippen molar-refractivity contribution in [3.05, 3.63) is 29.6 Å². The van der Waals surface area contributed by atoms with E-state index in [1.54, 1.807) is 6.20 Å². The van der Waals surface area contributed by atoms with Crippen molar-refractivity contribution < 1.29 is 4.79 Å². The Hall–Kier alpha value is -1.22. The number of Topliss-reactive ketones (excluding diaryl/α,β-unsaturated/α-hetero) is 1. The number of aromatic nitrogens is 1. The summed E-state index contributed by atoms with van der Waals surface area (Å²) in [6.07, 6.45) is 3.99. The van der Waals surface area contributed by atoms with E-state index in [0.29, 0.717) is 5.92 Å². The van der Waals surface area contributed by atoms with E-state index in [9.17, 15) is 4.79 Å². The number of nitrogens with zero attached hydrogens (tertiary/aromatic N) is 1. The summed E-state index contributed by atoms with van der Waals surface area (Å²) in [5.74, 6) is 0.628. The van der Waals surface area contributed by atoms with E-state index in [1.807, 2.05) is 19.1 Å². The summed E-state index contributed by atoms with van der Waals surface area (Å²) in [4.78, 5) is 16.8. The van der Waals surface area contributed by atoms with E-state index >= 15 is 0 Å². The molecule has 1 saturated heterocycles. The average molecular weight is 246 g/mol. The summed E-state index contributed by atoms with van der Waals surface area (Å²) in [7, 11) is 0. The van der Waals surface area contributed by atoms with E-state index in [1.165, 1.54) is 0 Å². The lowest BCUT2D eigenvalue weighted by Gasteiger charge is -2.36.